The van der Waals surface area contributed by atoms with Crippen LogP contribution in [0.2, 0.25) is 0 Å². The van der Waals surface area contributed by atoms with E-state index in [1.807, 2.05) is 0 Å². The standard InChI is InChI=1S/C10H13N2OS/c1-2-3-4-9(13)12-8-5-6-10(14)11-7-8/h5-7H,2-4H2,1H3,(H,12,13). The van der Waals surface area contributed by atoms with Crippen LogP contribution in [0.1, 0.15) is 26.2 Å². The summed E-state index contributed by atoms with van der Waals surface area (Å²) in [5.74, 6) is 0.0331. The van der Waals surface area contributed by atoms with E-state index < -0.39 is 0 Å². The molecule has 0 fully saturated rings. The molecule has 14 heavy (non-hydrogen) atoms. The number of pyridine rings is 1. The summed E-state index contributed by atoms with van der Waals surface area (Å²) in [6, 6.07) is 3.46. The summed E-state index contributed by atoms with van der Waals surface area (Å²) >= 11 is 4.83. The van der Waals surface area contributed by atoms with Crippen LogP contribution in [-0.4, -0.2) is 10.9 Å². The third kappa shape index (κ3) is 3.70. The lowest BCUT2D eigenvalue weighted by molar-refractivity contribution is -0.116. The number of carbonyl (C=O) groups is 1. The minimum absolute atomic E-state index is 0.0331. The van der Waals surface area contributed by atoms with Gasteiger partial charge in [-0.25, -0.2) is 4.98 Å². The number of carbonyl (C=O) groups excluding carboxylic acids is 1. The average Bonchev–Trinajstić information content (AvgIpc) is 2.18. The molecular formula is C10H13N2OS. The number of unbranched alkanes of at least 4 members (excludes halogenated alkanes) is 1. The monoisotopic (exact) mass is 209 g/mol. The van der Waals surface area contributed by atoms with Crippen LogP contribution < -0.4 is 5.32 Å². The predicted molar refractivity (Wildman–Crippen MR) is 58.2 cm³/mol. The summed E-state index contributed by atoms with van der Waals surface area (Å²) in [6.45, 7) is 2.06. The van der Waals surface area contributed by atoms with Gasteiger partial charge in [0, 0.05) is 6.42 Å². The van der Waals surface area contributed by atoms with E-state index in [4.69, 9.17) is 12.6 Å². The summed E-state index contributed by atoms with van der Waals surface area (Å²) in [4.78, 5) is 15.2. The smallest absolute Gasteiger partial charge is 0.224 e. The molecular weight excluding hydrogens is 196 g/mol. The second-order valence-electron chi connectivity index (χ2n) is 3.04. The Morgan fingerprint density at radius 2 is 2.36 bits per heavy atom. The fourth-order valence-electron chi connectivity index (χ4n) is 1.02. The highest BCUT2D eigenvalue weighted by atomic mass is 32.1. The highest BCUT2D eigenvalue weighted by Crippen LogP contribution is 2.09. The van der Waals surface area contributed by atoms with Crippen LogP contribution in [-0.2, 0) is 4.79 Å². The van der Waals surface area contributed by atoms with Crippen molar-refractivity contribution in [2.24, 2.45) is 0 Å². The highest BCUT2D eigenvalue weighted by Gasteiger charge is 2.01. The second-order valence-corrected chi connectivity index (χ2v) is 3.46. The summed E-state index contributed by atoms with van der Waals surface area (Å²) in [7, 11) is 0. The lowest BCUT2D eigenvalue weighted by Gasteiger charge is -2.03. The summed E-state index contributed by atoms with van der Waals surface area (Å²) in [5.41, 5.74) is 0.708. The van der Waals surface area contributed by atoms with Gasteiger partial charge in [0.15, 0.2) is 0 Å². The van der Waals surface area contributed by atoms with E-state index in [9.17, 15) is 4.79 Å². The Labute approximate surface area is 89.3 Å². The van der Waals surface area contributed by atoms with Crippen LogP contribution in [0.15, 0.2) is 23.4 Å². The quantitative estimate of drug-likeness (QED) is 0.828. The van der Waals surface area contributed by atoms with Crippen molar-refractivity contribution in [1.82, 2.24) is 4.98 Å². The number of amides is 1. The molecule has 3 nitrogen and oxygen atoms in total. The normalized spacial score (nSPS) is 9.79. The topological polar surface area (TPSA) is 42.0 Å². The molecule has 1 heterocycles. The van der Waals surface area contributed by atoms with Crippen molar-refractivity contribution in [3.63, 3.8) is 0 Å². The van der Waals surface area contributed by atoms with Crippen LogP contribution in [0.25, 0.3) is 0 Å². The van der Waals surface area contributed by atoms with Crippen molar-refractivity contribution in [3.05, 3.63) is 18.3 Å². The third-order valence-electron chi connectivity index (χ3n) is 1.78. The first kappa shape index (κ1) is 10.9. The van der Waals surface area contributed by atoms with Crippen LogP contribution in [0, 0.1) is 0 Å². The molecule has 0 saturated heterocycles. The van der Waals surface area contributed by atoms with Gasteiger partial charge in [-0.1, -0.05) is 26.0 Å². The van der Waals surface area contributed by atoms with Crippen molar-refractivity contribution in [2.45, 2.75) is 31.2 Å². The average molecular weight is 209 g/mol. The van der Waals surface area contributed by atoms with E-state index in [2.05, 4.69) is 17.2 Å². The predicted octanol–water partition coefficient (Wildman–Crippen LogP) is 2.77. The first-order valence-corrected chi connectivity index (χ1v) is 5.06. The molecule has 0 unspecified atom stereocenters. The number of rotatable bonds is 4. The Morgan fingerprint density at radius 1 is 1.57 bits per heavy atom. The van der Waals surface area contributed by atoms with Crippen LogP contribution in [0.5, 0.6) is 0 Å². The second kappa shape index (κ2) is 5.54. The maximum absolute atomic E-state index is 11.3. The van der Waals surface area contributed by atoms with E-state index in [-0.39, 0.29) is 5.91 Å². The molecule has 0 aliphatic carbocycles. The molecule has 0 aliphatic heterocycles. The zero-order valence-corrected chi connectivity index (χ0v) is 8.93. The molecule has 1 aromatic rings. The van der Waals surface area contributed by atoms with Gasteiger partial charge >= 0.3 is 0 Å². The molecule has 0 saturated carbocycles. The maximum Gasteiger partial charge on any atom is 0.224 e. The lowest BCUT2D eigenvalue weighted by Crippen LogP contribution is -2.10. The van der Waals surface area contributed by atoms with Crippen molar-refractivity contribution in [2.75, 3.05) is 5.32 Å². The molecule has 4 heteroatoms. The molecule has 1 rings (SSSR count). The van der Waals surface area contributed by atoms with Crippen molar-refractivity contribution >= 4 is 24.2 Å². The highest BCUT2D eigenvalue weighted by molar-refractivity contribution is 7.80. The van der Waals surface area contributed by atoms with E-state index in [1.54, 1.807) is 18.3 Å². The molecule has 75 valence electrons. The van der Waals surface area contributed by atoms with Gasteiger partial charge in [-0.05, 0) is 18.6 Å². The van der Waals surface area contributed by atoms with Gasteiger partial charge in [-0.2, -0.15) is 0 Å². The van der Waals surface area contributed by atoms with Crippen LogP contribution in [0.3, 0.4) is 0 Å². The zero-order valence-electron chi connectivity index (χ0n) is 8.12. The lowest BCUT2D eigenvalue weighted by atomic mass is 10.2. The molecule has 1 N–H and O–H groups in total. The summed E-state index contributed by atoms with van der Waals surface area (Å²) in [6.07, 6.45) is 4.08. The van der Waals surface area contributed by atoms with Crippen molar-refractivity contribution in [3.8, 4) is 0 Å². The number of nitrogens with zero attached hydrogens (tertiary/aromatic N) is 1. The summed E-state index contributed by atoms with van der Waals surface area (Å²) in [5, 5.41) is 3.29. The molecule has 1 radical (unpaired) electrons. The Bertz CT molecular complexity index is 297. The van der Waals surface area contributed by atoms with Gasteiger partial charge in [0.1, 0.15) is 5.03 Å². The van der Waals surface area contributed by atoms with E-state index in [1.165, 1.54) is 0 Å². The van der Waals surface area contributed by atoms with E-state index >= 15 is 0 Å². The number of hydrogen-bond acceptors (Lipinski definition) is 2. The maximum atomic E-state index is 11.3. The Morgan fingerprint density at radius 3 is 2.93 bits per heavy atom. The fourth-order valence-corrected chi connectivity index (χ4v) is 1.14. The zero-order chi connectivity index (χ0) is 10.4. The Hall–Kier alpha value is -1.16. The third-order valence-corrected chi connectivity index (χ3v) is 2.02. The molecule has 0 atom stereocenters. The largest absolute Gasteiger partial charge is 0.325 e. The summed E-state index contributed by atoms with van der Waals surface area (Å²) < 4.78 is 0. The van der Waals surface area contributed by atoms with Gasteiger partial charge < -0.3 is 5.32 Å². The first-order chi connectivity index (χ1) is 6.72. The van der Waals surface area contributed by atoms with Gasteiger partial charge in [0.2, 0.25) is 5.91 Å². The number of aromatic nitrogens is 1. The Kier molecular flexibility index (Phi) is 4.32. The van der Waals surface area contributed by atoms with Crippen LogP contribution >= 0.6 is 12.6 Å². The number of hydrogen-bond donors (Lipinski definition) is 1. The first-order valence-electron chi connectivity index (χ1n) is 4.65. The van der Waals surface area contributed by atoms with Crippen molar-refractivity contribution in [1.29, 1.82) is 0 Å². The van der Waals surface area contributed by atoms with Crippen LogP contribution in [0.4, 0.5) is 5.69 Å². The number of nitrogens with one attached hydrogen (secondary N) is 1. The molecule has 0 aromatic carbocycles. The molecule has 0 spiro atoms. The van der Waals surface area contributed by atoms with Crippen molar-refractivity contribution < 1.29 is 4.79 Å². The van der Waals surface area contributed by atoms with Gasteiger partial charge in [0.25, 0.3) is 0 Å². The fraction of sp³-hybridized carbons (Fsp3) is 0.400. The SMILES string of the molecule is CCCCC(=O)Nc1ccc([S])nc1. The number of anilines is 1. The molecule has 0 aliphatic rings. The van der Waals surface area contributed by atoms with Gasteiger partial charge in [0.05, 0.1) is 11.9 Å². The van der Waals surface area contributed by atoms with E-state index in [0.29, 0.717) is 17.1 Å². The van der Waals surface area contributed by atoms with E-state index in [0.717, 1.165) is 12.8 Å². The van der Waals surface area contributed by atoms with Gasteiger partial charge in [-0.15, -0.1) is 0 Å². The molecule has 0 bridgehead atoms. The van der Waals surface area contributed by atoms with Gasteiger partial charge in [-0.3, -0.25) is 4.79 Å². The molecule has 1 aromatic heterocycles. The minimum Gasteiger partial charge on any atom is -0.325 e. The Balaban J connectivity index is 2.44. The minimum atomic E-state index is 0.0331. The molecule has 1 amide bonds.